The minimum Gasteiger partial charge on any atom is -0.459 e. The van der Waals surface area contributed by atoms with E-state index in [1.54, 1.807) is 78.9 Å². The summed E-state index contributed by atoms with van der Waals surface area (Å²) in [6.07, 6.45) is -9.10. The molecular weight excluding hydrogens is 691 g/mol. The minimum absolute atomic E-state index is 0.102. The Morgan fingerprint density at radius 3 is 1.81 bits per heavy atom. The number of Topliss-reactive ketones (excluding diaryl/α,β-unsaturated/α-hetero) is 1. The first kappa shape index (κ1) is 36.8. The van der Waals surface area contributed by atoms with Gasteiger partial charge in [-0.15, -0.1) is 0 Å². The molecule has 0 spiro atoms. The van der Waals surface area contributed by atoms with Gasteiger partial charge in [0.15, 0.2) is 18.3 Å². The molecule has 0 amide bonds. The summed E-state index contributed by atoms with van der Waals surface area (Å²) >= 11 is 17.3. The minimum atomic E-state index is -2.60. The summed E-state index contributed by atoms with van der Waals surface area (Å²) in [6, 6.07) is 25.3. The van der Waals surface area contributed by atoms with Gasteiger partial charge in [0.25, 0.3) is 3.79 Å². The summed E-state index contributed by atoms with van der Waals surface area (Å²) in [5.74, 6) is -4.54. The third-order valence-corrected chi connectivity index (χ3v) is 7.36. The van der Waals surface area contributed by atoms with Crippen LogP contribution in [0.2, 0.25) is 0 Å². The standard InChI is InChI=1S/C34H31Cl3O11/c1-21(38)17-18-25(39)45-27-26(43-19-22-11-5-2-6-12-22)29(46-30(40)24-15-9-4-10-16-24)32(48-33(42)34(35,36)37)47-28(27)31(41)44-20-23-13-7-3-8-14-23/h2-16,26-29,32H,17-20H2,1H3/t26-,27-,28-,29+,32?/m0/s1. The second-order valence-electron chi connectivity index (χ2n) is 10.6. The van der Waals surface area contributed by atoms with Crippen LogP contribution in [0.25, 0.3) is 0 Å². The quantitative estimate of drug-likeness (QED) is 0.126. The predicted molar refractivity (Wildman–Crippen MR) is 172 cm³/mol. The Labute approximate surface area is 291 Å². The Kier molecular flexibility index (Phi) is 13.4. The first-order chi connectivity index (χ1) is 22.9. The van der Waals surface area contributed by atoms with E-state index in [2.05, 4.69) is 0 Å². The molecule has 0 N–H and O–H groups in total. The lowest BCUT2D eigenvalue weighted by Gasteiger charge is -2.43. The van der Waals surface area contributed by atoms with Gasteiger partial charge in [0, 0.05) is 6.42 Å². The van der Waals surface area contributed by atoms with E-state index in [0.717, 1.165) is 0 Å². The molecule has 254 valence electrons. The van der Waals surface area contributed by atoms with E-state index < -0.39 is 58.4 Å². The summed E-state index contributed by atoms with van der Waals surface area (Å²) in [6.45, 7) is 0.948. The van der Waals surface area contributed by atoms with E-state index in [9.17, 15) is 24.0 Å². The lowest BCUT2D eigenvalue weighted by Crippen LogP contribution is -2.64. The molecule has 4 rings (SSSR count). The number of hydrogen-bond donors (Lipinski definition) is 0. The van der Waals surface area contributed by atoms with E-state index in [4.69, 9.17) is 63.2 Å². The number of benzene rings is 3. The van der Waals surface area contributed by atoms with Crippen LogP contribution in [0.15, 0.2) is 91.0 Å². The van der Waals surface area contributed by atoms with Crippen molar-refractivity contribution in [3.63, 3.8) is 0 Å². The number of ketones is 1. The zero-order chi connectivity index (χ0) is 34.7. The van der Waals surface area contributed by atoms with Crippen LogP contribution in [-0.4, -0.2) is 64.2 Å². The van der Waals surface area contributed by atoms with Crippen molar-refractivity contribution >= 4 is 64.5 Å². The average molecular weight is 722 g/mol. The summed E-state index contributed by atoms with van der Waals surface area (Å²) in [5, 5.41) is 0. The maximum absolute atomic E-state index is 13.7. The molecule has 5 atom stereocenters. The van der Waals surface area contributed by atoms with Gasteiger partial charge in [-0.05, 0) is 30.2 Å². The fraction of sp³-hybridized carbons (Fsp3) is 0.324. The average Bonchev–Trinajstić information content (AvgIpc) is 3.07. The summed E-state index contributed by atoms with van der Waals surface area (Å²) in [4.78, 5) is 64.5. The number of carbonyl (C=O) groups excluding carboxylic acids is 5. The topological polar surface area (TPSA) is 141 Å². The van der Waals surface area contributed by atoms with Crippen LogP contribution < -0.4 is 0 Å². The normalized spacial score (nSPS) is 20.6. The van der Waals surface area contributed by atoms with E-state index >= 15 is 0 Å². The molecular formula is C34H31Cl3O11. The second-order valence-corrected chi connectivity index (χ2v) is 12.9. The van der Waals surface area contributed by atoms with Gasteiger partial charge < -0.3 is 33.2 Å². The SMILES string of the molecule is CC(=O)CCC(=O)O[C@H]1[C@H](OCc2ccccc2)[C@@H](OC(=O)c2ccccc2)C(OC(=O)C(Cl)(Cl)Cl)O[C@@H]1C(=O)OCc1ccccc1. The highest BCUT2D eigenvalue weighted by molar-refractivity contribution is 6.75. The van der Waals surface area contributed by atoms with Crippen molar-refractivity contribution in [1.82, 2.24) is 0 Å². The Morgan fingerprint density at radius 1 is 0.688 bits per heavy atom. The molecule has 14 heteroatoms. The van der Waals surface area contributed by atoms with Crippen LogP contribution in [-0.2, 0) is 60.8 Å². The number of rotatable bonds is 13. The van der Waals surface area contributed by atoms with Crippen LogP contribution in [0.1, 0.15) is 41.3 Å². The lowest BCUT2D eigenvalue weighted by molar-refractivity contribution is -0.297. The molecule has 1 saturated heterocycles. The number of halogens is 3. The Morgan fingerprint density at radius 2 is 1.25 bits per heavy atom. The molecule has 11 nitrogen and oxygen atoms in total. The fourth-order valence-corrected chi connectivity index (χ4v) is 4.68. The van der Waals surface area contributed by atoms with Crippen LogP contribution >= 0.6 is 34.8 Å². The third-order valence-electron chi connectivity index (χ3n) is 6.89. The monoisotopic (exact) mass is 720 g/mol. The fourth-order valence-electron chi connectivity index (χ4n) is 4.54. The predicted octanol–water partition coefficient (Wildman–Crippen LogP) is 5.46. The van der Waals surface area contributed by atoms with Crippen molar-refractivity contribution in [3.05, 3.63) is 108 Å². The summed E-state index contributed by atoms with van der Waals surface area (Å²) in [5.41, 5.74) is 1.38. The zero-order valence-electron chi connectivity index (χ0n) is 25.5. The zero-order valence-corrected chi connectivity index (χ0v) is 27.8. The van der Waals surface area contributed by atoms with Crippen molar-refractivity contribution in [3.8, 4) is 0 Å². The van der Waals surface area contributed by atoms with Crippen molar-refractivity contribution in [2.75, 3.05) is 0 Å². The molecule has 0 aromatic heterocycles. The first-order valence-electron chi connectivity index (χ1n) is 14.7. The summed E-state index contributed by atoms with van der Waals surface area (Å²) < 4.78 is 31.8. The van der Waals surface area contributed by atoms with Gasteiger partial charge in [-0.2, -0.15) is 0 Å². The maximum Gasteiger partial charge on any atom is 0.360 e. The number of alkyl halides is 3. The highest BCUT2D eigenvalue weighted by Gasteiger charge is 2.56. The molecule has 0 bridgehead atoms. The molecule has 1 fully saturated rings. The van der Waals surface area contributed by atoms with Crippen molar-refractivity contribution < 1.29 is 52.4 Å². The molecule has 0 aliphatic carbocycles. The molecule has 48 heavy (non-hydrogen) atoms. The van der Waals surface area contributed by atoms with Crippen LogP contribution in [0.3, 0.4) is 0 Å². The van der Waals surface area contributed by atoms with Gasteiger partial charge in [0.2, 0.25) is 6.29 Å². The molecule has 3 aromatic rings. The number of esters is 4. The van der Waals surface area contributed by atoms with Crippen molar-refractivity contribution in [2.45, 2.75) is 67.5 Å². The highest BCUT2D eigenvalue weighted by atomic mass is 35.6. The smallest absolute Gasteiger partial charge is 0.360 e. The highest BCUT2D eigenvalue weighted by Crippen LogP contribution is 2.35. The first-order valence-corrected chi connectivity index (χ1v) is 15.8. The van der Waals surface area contributed by atoms with Crippen LogP contribution in [0.4, 0.5) is 0 Å². The molecule has 3 aromatic carbocycles. The maximum atomic E-state index is 13.7. The second kappa shape index (κ2) is 17.4. The number of carbonyl (C=O) groups is 5. The van der Waals surface area contributed by atoms with Gasteiger partial charge >= 0.3 is 23.9 Å². The van der Waals surface area contributed by atoms with Gasteiger partial charge in [0.1, 0.15) is 18.5 Å². The van der Waals surface area contributed by atoms with E-state index in [1.807, 2.05) is 0 Å². The molecule has 1 aliphatic rings. The Bertz CT molecular complexity index is 1550. The number of hydrogen-bond acceptors (Lipinski definition) is 11. The van der Waals surface area contributed by atoms with Crippen molar-refractivity contribution in [2.24, 2.45) is 0 Å². The molecule has 0 radical (unpaired) electrons. The van der Waals surface area contributed by atoms with Gasteiger partial charge in [0.05, 0.1) is 18.6 Å². The van der Waals surface area contributed by atoms with E-state index in [1.165, 1.54) is 19.1 Å². The molecule has 0 saturated carbocycles. The van der Waals surface area contributed by atoms with Gasteiger partial charge in [-0.25, -0.2) is 14.4 Å². The van der Waals surface area contributed by atoms with Crippen LogP contribution in [0.5, 0.6) is 0 Å². The summed E-state index contributed by atoms with van der Waals surface area (Å²) in [7, 11) is 0. The Hall–Kier alpha value is -4.00. The molecule has 1 heterocycles. The third kappa shape index (κ3) is 10.8. The number of ether oxygens (including phenoxy) is 6. The van der Waals surface area contributed by atoms with Gasteiger partial charge in [-0.1, -0.05) is 114 Å². The largest absolute Gasteiger partial charge is 0.459 e. The van der Waals surface area contributed by atoms with Gasteiger partial charge in [-0.3, -0.25) is 4.79 Å². The molecule has 1 aliphatic heterocycles. The molecule has 1 unspecified atom stereocenters. The van der Waals surface area contributed by atoms with E-state index in [-0.39, 0.29) is 37.4 Å². The van der Waals surface area contributed by atoms with E-state index in [0.29, 0.717) is 11.1 Å². The Balaban J connectivity index is 1.75. The van der Waals surface area contributed by atoms with Crippen molar-refractivity contribution in [1.29, 1.82) is 0 Å². The lowest BCUT2D eigenvalue weighted by atomic mass is 9.97. The van der Waals surface area contributed by atoms with Crippen LogP contribution in [0, 0.1) is 0 Å².